The van der Waals surface area contributed by atoms with Gasteiger partial charge in [-0.25, -0.2) is 45.7 Å². The smallest absolute Gasteiger partial charge is 0.409 e. The number of aromatic nitrogens is 9. The maximum atomic E-state index is 14.0. The molecular weight excluding hydrogens is 1450 g/mol. The van der Waals surface area contributed by atoms with E-state index in [1.807, 2.05) is 28.0 Å². The number of nitrogens with two attached hydrogens (primary N) is 3. The Morgan fingerprint density at radius 2 is 0.950 bits per heavy atom. The maximum absolute atomic E-state index is 14.0. The molecule has 6 N–H and O–H groups in total. The minimum absolute atomic E-state index is 0.00136. The number of pyridine rings is 3. The molecule has 0 radical (unpaired) electrons. The second-order valence-electron chi connectivity index (χ2n) is 24.0. The Bertz CT molecular complexity index is 4510. The van der Waals surface area contributed by atoms with Gasteiger partial charge in [-0.1, -0.05) is 69.6 Å². The van der Waals surface area contributed by atoms with Gasteiger partial charge in [0.2, 0.25) is 10.0 Å². The standard InChI is InChI=1S/C24H26Cl2FN5O3.C23H24Cl2F2N4O2.C20H20Cl2FN5O3S/c1-3-34-24(33)31-8-6-17(7-9-31)32-13-16(12-30-32)15-10-20(23(28)29-11-15)35-14(2)21-18(25)4-5-19(27)22(21)26;1-12(20-21(24)17(26)8-18(27)22(20)25)33-19-7-14(9-29-23(19)28)15-10-30-31(11-15)16-5-13(6-16)3-4-32-2;1-11(18-15(21)3-4-16(23)19(18)22)31-17-5-12(6-25-20(17)24)13-7-26-28(8-13)14-9-27(10-14)32(2,29)30/h4-5,10-14,17H,3,6-9H2,1-2H3,(H2,28,29);7-13,16H,3-6H2,1-2H3,(H2,28,29);3-8,11,14H,9-10H2,1-2H3,(H2,24,25). The quantitative estimate of drug-likeness (QED) is 0.0472. The summed E-state index contributed by atoms with van der Waals surface area (Å²) in [5.41, 5.74) is 23.3. The first-order valence-corrected chi connectivity index (χ1v) is 35.6. The summed E-state index contributed by atoms with van der Waals surface area (Å²) in [4.78, 5) is 26.3. The third kappa shape index (κ3) is 17.4. The molecule has 0 spiro atoms. The van der Waals surface area contributed by atoms with E-state index in [1.54, 1.807) is 99.8 Å². The number of methoxy groups -OCH3 is 1. The predicted molar refractivity (Wildman–Crippen MR) is 377 cm³/mol. The van der Waals surface area contributed by atoms with Crippen LogP contribution < -0.4 is 31.4 Å². The molecule has 2 aliphatic heterocycles. The van der Waals surface area contributed by atoms with Crippen LogP contribution in [-0.4, -0.2) is 121 Å². The van der Waals surface area contributed by atoms with Crippen molar-refractivity contribution in [2.24, 2.45) is 5.92 Å². The summed E-state index contributed by atoms with van der Waals surface area (Å²) in [6, 6.07) is 11.5. The van der Waals surface area contributed by atoms with Crippen LogP contribution in [0.15, 0.2) is 104 Å². The van der Waals surface area contributed by atoms with Crippen molar-refractivity contribution in [2.75, 3.05) is 70.0 Å². The van der Waals surface area contributed by atoms with Crippen molar-refractivity contribution in [3.05, 3.63) is 174 Å². The molecule has 3 fully saturated rings. The average Bonchev–Trinajstić information content (AvgIpc) is 1.68. The molecule has 1 amide bonds. The summed E-state index contributed by atoms with van der Waals surface area (Å²) in [6.45, 7) is 9.88. The van der Waals surface area contributed by atoms with E-state index in [0.29, 0.717) is 78.3 Å². The number of anilines is 3. The maximum Gasteiger partial charge on any atom is 0.409 e. The van der Waals surface area contributed by atoms with E-state index in [4.69, 9.17) is 110 Å². The number of nitrogen functional groups attached to an aromatic ring is 3. The highest BCUT2D eigenvalue weighted by Gasteiger charge is 2.36. The van der Waals surface area contributed by atoms with Gasteiger partial charge < -0.3 is 45.8 Å². The number of sulfonamides is 1. The van der Waals surface area contributed by atoms with E-state index in [9.17, 15) is 30.8 Å². The van der Waals surface area contributed by atoms with E-state index < -0.39 is 51.6 Å². The minimum Gasteiger partial charge on any atom is -0.482 e. The number of hydrogen-bond donors (Lipinski definition) is 3. The molecule has 9 aromatic rings. The number of halogens is 10. The molecule has 12 rings (SSSR count). The van der Waals surface area contributed by atoms with Crippen LogP contribution in [-0.2, 0) is 19.5 Å². The van der Waals surface area contributed by atoms with E-state index in [1.165, 1.54) is 34.8 Å². The molecule has 3 atom stereocenters. The van der Waals surface area contributed by atoms with Gasteiger partial charge in [0.05, 0.1) is 69.7 Å². The van der Waals surface area contributed by atoms with Gasteiger partial charge in [0, 0.05) is 143 Å². The minimum atomic E-state index is -3.20. The Balaban J connectivity index is 0.000000162. The van der Waals surface area contributed by atoms with Crippen LogP contribution >= 0.6 is 69.6 Å². The van der Waals surface area contributed by atoms with Gasteiger partial charge in [-0.15, -0.1) is 0 Å². The highest BCUT2D eigenvalue weighted by molar-refractivity contribution is 7.88. The van der Waals surface area contributed by atoms with Crippen LogP contribution in [0.3, 0.4) is 0 Å². The Labute approximate surface area is 604 Å². The molecule has 0 bridgehead atoms. The Morgan fingerprint density at radius 1 is 0.560 bits per heavy atom. The lowest BCUT2D eigenvalue weighted by Crippen LogP contribution is -2.50. The second kappa shape index (κ2) is 32.4. The molecule has 3 aliphatic rings. The van der Waals surface area contributed by atoms with Gasteiger partial charge in [-0.2, -0.15) is 19.6 Å². The van der Waals surface area contributed by atoms with Crippen molar-refractivity contribution < 1.29 is 54.5 Å². The summed E-state index contributed by atoms with van der Waals surface area (Å²) in [5, 5.41) is 13.1. The molecule has 3 unspecified atom stereocenters. The van der Waals surface area contributed by atoms with Crippen LogP contribution in [0, 0.1) is 29.2 Å². The molecular formula is C67H70Cl6F4N14O8S. The number of carbonyl (C=O) groups is 1. The van der Waals surface area contributed by atoms with Crippen molar-refractivity contribution in [1.82, 2.24) is 53.5 Å². The summed E-state index contributed by atoms with van der Waals surface area (Å²) < 4.78 is 114. The summed E-state index contributed by atoms with van der Waals surface area (Å²) >= 11 is 36.7. The predicted octanol–water partition coefficient (Wildman–Crippen LogP) is 16.1. The highest BCUT2D eigenvalue weighted by atomic mass is 35.5. The topological polar surface area (TPSA) is 274 Å². The van der Waals surface area contributed by atoms with E-state index in [2.05, 4.69) is 30.2 Å². The molecule has 1 aliphatic carbocycles. The summed E-state index contributed by atoms with van der Waals surface area (Å²) in [5.74, 6) is -1.05. The molecule has 22 nitrogen and oxygen atoms in total. The number of carbonyl (C=O) groups excluding carboxylic acids is 1. The number of ether oxygens (including phenoxy) is 5. The van der Waals surface area contributed by atoms with Crippen molar-refractivity contribution >= 4 is 103 Å². The van der Waals surface area contributed by atoms with Crippen LogP contribution in [0.4, 0.5) is 39.8 Å². The number of likely N-dealkylation sites (tertiary alicyclic amines) is 1. The highest BCUT2D eigenvalue weighted by Crippen LogP contribution is 2.44. The molecule has 6 aromatic heterocycles. The summed E-state index contributed by atoms with van der Waals surface area (Å²) in [6.07, 6.45) is 19.2. The molecule has 33 heteroatoms. The lowest BCUT2D eigenvalue weighted by Gasteiger charge is -2.37. The molecule has 532 valence electrons. The van der Waals surface area contributed by atoms with Crippen molar-refractivity contribution in [3.8, 4) is 50.6 Å². The zero-order valence-electron chi connectivity index (χ0n) is 54.7. The normalized spacial score (nSPS) is 16.6. The van der Waals surface area contributed by atoms with Crippen LogP contribution in [0.1, 0.15) is 113 Å². The van der Waals surface area contributed by atoms with Gasteiger partial charge in [0.1, 0.15) is 41.6 Å². The Morgan fingerprint density at radius 3 is 1.35 bits per heavy atom. The lowest BCUT2D eigenvalue weighted by molar-refractivity contribution is 0.0915. The molecule has 100 heavy (non-hydrogen) atoms. The first-order valence-electron chi connectivity index (χ1n) is 31.5. The van der Waals surface area contributed by atoms with E-state index >= 15 is 0 Å². The fraction of sp³-hybridized carbons (Fsp3) is 0.358. The zero-order chi connectivity index (χ0) is 72.0. The van der Waals surface area contributed by atoms with Gasteiger partial charge in [-0.3, -0.25) is 14.0 Å². The first kappa shape index (κ1) is 74.8. The van der Waals surface area contributed by atoms with Gasteiger partial charge in [-0.05, 0) is 108 Å². The number of nitrogens with zero attached hydrogens (tertiary/aromatic N) is 11. The van der Waals surface area contributed by atoms with Crippen molar-refractivity contribution in [2.45, 2.75) is 96.2 Å². The van der Waals surface area contributed by atoms with Gasteiger partial charge >= 0.3 is 6.09 Å². The Hall–Kier alpha value is -7.86. The Kier molecular flexibility index (Phi) is 24.3. The SMILES string of the molecule is CC(Oc1cc(-c2cnn(C3CN(S(C)(=O)=O)C3)c2)cnc1N)c1c(Cl)ccc(F)c1Cl.CCOC(=O)N1CCC(n2cc(-c3cnc(N)c(OC(C)c4c(Cl)ccc(F)c4Cl)c3)cn2)CC1.COCCC1CC(n2cc(-c3cnc(N)c(OC(C)c4c(Cl)c(F)cc(F)c4Cl)c3)cn2)C1. The van der Waals surface area contributed by atoms with Crippen molar-refractivity contribution in [3.63, 3.8) is 0 Å². The van der Waals surface area contributed by atoms with Crippen LogP contribution in [0.5, 0.6) is 17.2 Å². The van der Waals surface area contributed by atoms with Crippen LogP contribution in [0.25, 0.3) is 33.4 Å². The number of piperidine rings is 1. The number of hydrogen-bond acceptors (Lipinski definition) is 17. The third-order valence-corrected chi connectivity index (χ3v) is 20.7. The first-order chi connectivity index (χ1) is 47.6. The molecule has 2 saturated heterocycles. The van der Waals surface area contributed by atoms with Crippen LogP contribution in [0.2, 0.25) is 30.1 Å². The van der Waals surface area contributed by atoms with Gasteiger partial charge in [0.25, 0.3) is 0 Å². The molecule has 3 aromatic carbocycles. The number of amides is 1. The number of benzene rings is 3. The monoisotopic (exact) mass is 1520 g/mol. The zero-order valence-corrected chi connectivity index (χ0v) is 60.1. The summed E-state index contributed by atoms with van der Waals surface area (Å²) in [7, 11) is -1.48. The second-order valence-corrected chi connectivity index (χ2v) is 28.4. The lowest BCUT2D eigenvalue weighted by atomic mass is 9.78. The van der Waals surface area contributed by atoms with E-state index in [-0.39, 0.29) is 77.8 Å². The van der Waals surface area contributed by atoms with Crippen molar-refractivity contribution in [1.29, 1.82) is 0 Å². The van der Waals surface area contributed by atoms with E-state index in [0.717, 1.165) is 66.5 Å². The average molecular weight is 1520 g/mol. The fourth-order valence-corrected chi connectivity index (χ4v) is 14.4. The fourth-order valence-electron chi connectivity index (χ4n) is 11.5. The third-order valence-electron chi connectivity index (χ3n) is 17.2. The largest absolute Gasteiger partial charge is 0.482 e. The number of rotatable bonds is 20. The van der Waals surface area contributed by atoms with Gasteiger partial charge in [0.15, 0.2) is 34.7 Å². The molecule has 8 heterocycles. The molecule has 1 saturated carbocycles.